The van der Waals surface area contributed by atoms with Crippen LogP contribution in [-0.2, 0) is 23.1 Å². The van der Waals surface area contributed by atoms with Crippen molar-refractivity contribution in [2.45, 2.75) is 31.2 Å². The number of aromatic nitrogens is 3. The lowest BCUT2D eigenvalue weighted by Gasteiger charge is -2.12. The molecule has 1 atom stereocenters. The summed E-state index contributed by atoms with van der Waals surface area (Å²) < 4.78 is 30.4. The highest BCUT2D eigenvalue weighted by atomic mass is 32.2. The van der Waals surface area contributed by atoms with Gasteiger partial charge in [-0.25, -0.2) is 13.4 Å². The van der Waals surface area contributed by atoms with Gasteiger partial charge in [-0.15, -0.1) is 0 Å². The number of nitrogens with one attached hydrogen (secondary N) is 3. The third-order valence-corrected chi connectivity index (χ3v) is 8.49. The van der Waals surface area contributed by atoms with Crippen LogP contribution in [0.25, 0.3) is 10.2 Å². The fourth-order valence-corrected chi connectivity index (χ4v) is 6.36. The molecule has 5 rings (SSSR count). The molecule has 32 heavy (non-hydrogen) atoms. The number of aryl methyl sites for hydroxylation is 1. The Morgan fingerprint density at radius 3 is 2.97 bits per heavy atom. The fraction of sp³-hybridized carbons (Fsp3) is 0.450. The molecule has 4 heterocycles. The molecule has 170 valence electrons. The second-order valence-electron chi connectivity index (χ2n) is 8.25. The number of benzene rings is 1. The topological polar surface area (TPSA) is 121 Å². The Morgan fingerprint density at radius 2 is 2.16 bits per heavy atom. The van der Waals surface area contributed by atoms with E-state index < -0.39 is 15.3 Å². The molecule has 10 nitrogen and oxygen atoms in total. The lowest BCUT2D eigenvalue weighted by Crippen LogP contribution is -2.29. The maximum Gasteiger partial charge on any atom is 0.277 e. The zero-order chi connectivity index (χ0) is 22.3. The van der Waals surface area contributed by atoms with Gasteiger partial charge in [0.2, 0.25) is 10.0 Å². The number of anilines is 2. The molecule has 0 spiro atoms. The van der Waals surface area contributed by atoms with E-state index in [-0.39, 0.29) is 5.91 Å². The molecule has 2 aliphatic rings. The summed E-state index contributed by atoms with van der Waals surface area (Å²) in [6, 6.07) is 7.02. The summed E-state index contributed by atoms with van der Waals surface area (Å²) in [5.74, 6) is -0.304. The first kappa shape index (κ1) is 21.3. The summed E-state index contributed by atoms with van der Waals surface area (Å²) in [7, 11) is -1.39. The number of fused-ring (bicyclic) bond motifs is 2. The van der Waals surface area contributed by atoms with Crippen molar-refractivity contribution in [3.63, 3.8) is 0 Å². The van der Waals surface area contributed by atoms with Crippen LogP contribution < -0.4 is 15.4 Å². The Balaban J connectivity index is 1.31. The molecule has 0 bridgehead atoms. The van der Waals surface area contributed by atoms with Gasteiger partial charge in [0.15, 0.2) is 10.8 Å². The molecular weight excluding hydrogens is 450 g/mol. The van der Waals surface area contributed by atoms with Gasteiger partial charge in [-0.2, -0.15) is 5.10 Å². The molecule has 1 amide bonds. The van der Waals surface area contributed by atoms with Crippen molar-refractivity contribution >= 4 is 48.3 Å². The highest BCUT2D eigenvalue weighted by Gasteiger charge is 2.28. The molecule has 0 radical (unpaired) electrons. The third kappa shape index (κ3) is 4.35. The first-order valence-electron chi connectivity index (χ1n) is 10.6. The van der Waals surface area contributed by atoms with Crippen LogP contribution in [-0.4, -0.2) is 65.9 Å². The minimum absolute atomic E-state index is 0.304. The van der Waals surface area contributed by atoms with E-state index in [9.17, 15) is 13.2 Å². The Hall–Kier alpha value is -2.54. The van der Waals surface area contributed by atoms with Gasteiger partial charge in [-0.1, -0.05) is 11.3 Å². The van der Waals surface area contributed by atoms with Crippen molar-refractivity contribution < 1.29 is 13.2 Å². The maximum absolute atomic E-state index is 12.7. The molecule has 3 aromatic rings. The van der Waals surface area contributed by atoms with Crippen molar-refractivity contribution in [3.8, 4) is 0 Å². The molecule has 0 aliphatic carbocycles. The summed E-state index contributed by atoms with van der Waals surface area (Å²) in [5.41, 5.74) is 2.58. The third-order valence-electron chi connectivity index (χ3n) is 5.76. The van der Waals surface area contributed by atoms with Gasteiger partial charge in [-0.3, -0.25) is 19.5 Å². The number of carbonyl (C=O) groups excluding carboxylic acids is 1. The van der Waals surface area contributed by atoms with E-state index in [1.54, 1.807) is 18.2 Å². The number of carbonyl (C=O) groups is 1. The lowest BCUT2D eigenvalue weighted by molar-refractivity contribution is 0.102. The minimum Gasteiger partial charge on any atom is -0.315 e. The molecule has 2 aliphatic heterocycles. The second kappa shape index (κ2) is 8.43. The smallest absolute Gasteiger partial charge is 0.277 e. The van der Waals surface area contributed by atoms with Gasteiger partial charge in [0.05, 0.1) is 26.8 Å². The van der Waals surface area contributed by atoms with E-state index >= 15 is 0 Å². The average molecular weight is 476 g/mol. The van der Waals surface area contributed by atoms with Crippen LogP contribution in [0.15, 0.2) is 24.3 Å². The molecule has 0 unspecified atom stereocenters. The number of rotatable bonds is 5. The first-order chi connectivity index (χ1) is 15.4. The normalized spacial score (nSPS) is 19.6. The summed E-state index contributed by atoms with van der Waals surface area (Å²) in [5, 5.41) is 10.4. The fourth-order valence-electron chi connectivity index (χ4n) is 4.08. The number of thiazole rings is 1. The number of hydrogen-bond donors (Lipinski definition) is 3. The van der Waals surface area contributed by atoms with Crippen LogP contribution in [0.4, 0.5) is 10.8 Å². The Labute approximate surface area is 190 Å². The molecular formula is C20H25N7O3S2. The van der Waals surface area contributed by atoms with Crippen molar-refractivity contribution in [2.24, 2.45) is 0 Å². The quantitative estimate of drug-likeness (QED) is 0.513. The monoisotopic (exact) mass is 475 g/mol. The number of sulfonamides is 1. The van der Waals surface area contributed by atoms with Crippen molar-refractivity contribution in [1.82, 2.24) is 25.0 Å². The van der Waals surface area contributed by atoms with Crippen LogP contribution in [0.3, 0.4) is 0 Å². The van der Waals surface area contributed by atoms with Gasteiger partial charge in [0, 0.05) is 26.2 Å². The zero-order valence-corrected chi connectivity index (χ0v) is 19.3. The Bertz CT molecular complexity index is 1260. The molecule has 2 aromatic heterocycles. The van der Waals surface area contributed by atoms with Gasteiger partial charge in [0.25, 0.3) is 5.91 Å². The van der Waals surface area contributed by atoms with Gasteiger partial charge < -0.3 is 10.2 Å². The molecule has 12 heteroatoms. The van der Waals surface area contributed by atoms with Crippen molar-refractivity contribution in [2.75, 3.05) is 36.7 Å². The lowest BCUT2D eigenvalue weighted by atomic mass is 10.3. The largest absolute Gasteiger partial charge is 0.315 e. The molecule has 1 aromatic carbocycles. The van der Waals surface area contributed by atoms with E-state index in [2.05, 4.69) is 37.4 Å². The summed E-state index contributed by atoms with van der Waals surface area (Å²) >= 11 is 1.30. The van der Waals surface area contributed by atoms with Gasteiger partial charge in [0.1, 0.15) is 0 Å². The standard InChI is InChI=1S/C20H25N7O3S2/c1-26-7-2-8-27-14(12-26)10-17(24-27)19(28)23-20-22-16-4-3-13(9-18(16)31-20)25-32(29,30)15-5-6-21-11-15/h3-4,9-10,15,21,25H,2,5-8,11-12H2,1H3,(H,22,23,28)/t15-/m0/s1. The van der Waals surface area contributed by atoms with Crippen LogP contribution in [0, 0.1) is 0 Å². The minimum atomic E-state index is -3.45. The number of hydrogen-bond acceptors (Lipinski definition) is 8. The van der Waals surface area contributed by atoms with E-state index in [0.29, 0.717) is 41.5 Å². The maximum atomic E-state index is 12.7. The van der Waals surface area contributed by atoms with E-state index in [4.69, 9.17) is 0 Å². The molecule has 1 saturated heterocycles. The van der Waals surface area contributed by atoms with Gasteiger partial charge >= 0.3 is 0 Å². The summed E-state index contributed by atoms with van der Waals surface area (Å²) in [4.78, 5) is 19.4. The van der Waals surface area contributed by atoms with E-state index in [1.165, 1.54) is 11.3 Å². The van der Waals surface area contributed by atoms with Crippen LogP contribution >= 0.6 is 11.3 Å². The molecule has 1 fully saturated rings. The average Bonchev–Trinajstić information content (AvgIpc) is 3.46. The van der Waals surface area contributed by atoms with Crippen molar-refractivity contribution in [1.29, 1.82) is 0 Å². The Kier molecular flexibility index (Phi) is 5.61. The van der Waals surface area contributed by atoms with Crippen LogP contribution in [0.5, 0.6) is 0 Å². The zero-order valence-electron chi connectivity index (χ0n) is 17.7. The van der Waals surface area contributed by atoms with Gasteiger partial charge in [-0.05, 0) is 50.7 Å². The molecule has 3 N–H and O–H groups in total. The number of nitrogens with zero attached hydrogens (tertiary/aromatic N) is 4. The van der Waals surface area contributed by atoms with Crippen molar-refractivity contribution in [3.05, 3.63) is 35.7 Å². The first-order valence-corrected chi connectivity index (χ1v) is 12.9. The van der Waals surface area contributed by atoms with E-state index in [1.807, 2.05) is 10.7 Å². The SMILES string of the molecule is CN1CCCn2nc(C(=O)Nc3nc4ccc(NS(=O)(=O)[C@H]5CCNC5)cc4s3)cc2C1. The Morgan fingerprint density at radius 1 is 1.28 bits per heavy atom. The summed E-state index contributed by atoms with van der Waals surface area (Å²) in [6.07, 6.45) is 1.59. The second-order valence-corrected chi connectivity index (χ2v) is 11.2. The highest BCUT2D eigenvalue weighted by molar-refractivity contribution is 7.93. The highest BCUT2D eigenvalue weighted by Crippen LogP contribution is 2.29. The summed E-state index contributed by atoms with van der Waals surface area (Å²) in [6.45, 7) is 3.73. The predicted molar refractivity (Wildman–Crippen MR) is 125 cm³/mol. The molecule has 0 saturated carbocycles. The van der Waals surface area contributed by atoms with Crippen LogP contribution in [0.2, 0.25) is 0 Å². The van der Waals surface area contributed by atoms with Crippen LogP contribution in [0.1, 0.15) is 29.0 Å². The predicted octanol–water partition coefficient (Wildman–Crippen LogP) is 1.68. The van der Waals surface area contributed by atoms with E-state index in [0.717, 1.165) is 36.4 Å². The number of amides is 1.